The third kappa shape index (κ3) is 9.52. The van der Waals surface area contributed by atoms with Crippen molar-refractivity contribution in [3.63, 3.8) is 0 Å². The Morgan fingerprint density at radius 2 is 1.69 bits per heavy atom. The lowest BCUT2D eigenvalue weighted by molar-refractivity contribution is -0.882. The van der Waals surface area contributed by atoms with Crippen molar-refractivity contribution in [2.75, 3.05) is 46.9 Å². The lowest BCUT2D eigenvalue weighted by Gasteiger charge is -2.32. The molecule has 6 heteroatoms. The van der Waals surface area contributed by atoms with Gasteiger partial charge in [0.1, 0.15) is 11.3 Å². The van der Waals surface area contributed by atoms with E-state index in [0.29, 0.717) is 29.6 Å². The van der Waals surface area contributed by atoms with Crippen molar-refractivity contribution in [3.05, 3.63) is 51.9 Å². The van der Waals surface area contributed by atoms with Gasteiger partial charge in [0.25, 0.3) is 5.91 Å². The molecule has 194 valence electrons. The first-order chi connectivity index (χ1) is 16.7. The fourth-order valence-electron chi connectivity index (χ4n) is 4.09. The summed E-state index contributed by atoms with van der Waals surface area (Å²) in [6.07, 6.45) is 7.88. The maximum Gasteiger partial charge on any atom is 0.336 e. The molecule has 2 aromatic rings. The van der Waals surface area contributed by atoms with Crippen LogP contribution >= 0.6 is 0 Å². The Bertz CT molecular complexity index is 1030. The number of ether oxygens (including phenoxy) is 1. The normalized spacial score (nSPS) is 11.5. The van der Waals surface area contributed by atoms with Gasteiger partial charge in [-0.1, -0.05) is 38.3 Å². The highest BCUT2D eigenvalue weighted by Gasteiger charge is 2.24. The molecule has 0 aliphatic rings. The molecular weight excluding hydrogens is 440 g/mol. The molecular formula is C29H45N2O4+. The molecule has 0 saturated heterocycles. The highest BCUT2D eigenvalue weighted by atomic mass is 16.5. The summed E-state index contributed by atoms with van der Waals surface area (Å²) < 4.78 is 12.3. The van der Waals surface area contributed by atoms with Crippen molar-refractivity contribution in [2.24, 2.45) is 0 Å². The third-order valence-electron chi connectivity index (χ3n) is 6.21. The van der Waals surface area contributed by atoms with Gasteiger partial charge < -0.3 is 18.5 Å². The minimum absolute atomic E-state index is 0.242. The van der Waals surface area contributed by atoms with Gasteiger partial charge >= 0.3 is 5.63 Å². The lowest BCUT2D eigenvalue weighted by Crippen LogP contribution is -2.49. The average Bonchev–Trinajstić information content (AvgIpc) is 2.80. The van der Waals surface area contributed by atoms with E-state index in [2.05, 4.69) is 47.9 Å². The number of carbonyl (C=O) groups excluding carboxylic acids is 1. The van der Waals surface area contributed by atoms with E-state index in [1.807, 2.05) is 17.0 Å². The molecule has 0 saturated carbocycles. The number of benzene rings is 1. The highest BCUT2D eigenvalue weighted by Crippen LogP contribution is 2.28. The van der Waals surface area contributed by atoms with E-state index in [0.717, 1.165) is 68.4 Å². The molecule has 0 radical (unpaired) electrons. The van der Waals surface area contributed by atoms with Gasteiger partial charge in [0, 0.05) is 36.5 Å². The summed E-state index contributed by atoms with van der Waals surface area (Å²) in [7, 11) is 4.22. The molecule has 0 atom stereocenters. The Morgan fingerprint density at radius 3 is 2.31 bits per heavy atom. The average molecular weight is 486 g/mol. The second kappa shape index (κ2) is 14.1. The van der Waals surface area contributed by atoms with E-state index in [9.17, 15) is 9.59 Å². The molecule has 0 aliphatic heterocycles. The summed E-state index contributed by atoms with van der Waals surface area (Å²) >= 11 is 0. The molecule has 0 aliphatic carbocycles. The number of hydrogen-bond acceptors (Lipinski definition) is 4. The van der Waals surface area contributed by atoms with Crippen LogP contribution in [0.5, 0.6) is 5.75 Å². The fourth-order valence-corrected chi connectivity index (χ4v) is 4.09. The molecule has 6 nitrogen and oxygen atoms in total. The summed E-state index contributed by atoms with van der Waals surface area (Å²) in [5.74, 6) is 0.988. The summed E-state index contributed by atoms with van der Waals surface area (Å²) in [6, 6.07) is 7.12. The molecule has 1 aromatic heterocycles. The molecule has 0 bridgehead atoms. The van der Waals surface area contributed by atoms with Crippen LogP contribution < -0.4 is 10.4 Å². The van der Waals surface area contributed by atoms with Gasteiger partial charge in [-0.3, -0.25) is 4.79 Å². The topological polar surface area (TPSA) is 59.8 Å². The Kier molecular flexibility index (Phi) is 11.5. The van der Waals surface area contributed by atoms with Crippen molar-refractivity contribution < 1.29 is 18.4 Å². The predicted molar refractivity (Wildman–Crippen MR) is 144 cm³/mol. The Balaban J connectivity index is 2.01. The lowest BCUT2D eigenvalue weighted by atomic mass is 10.1. The summed E-state index contributed by atoms with van der Waals surface area (Å²) in [5.41, 5.74) is 2.33. The number of amides is 1. The number of carbonyl (C=O) groups is 1. The molecule has 1 aromatic carbocycles. The molecule has 0 fully saturated rings. The number of fused-ring (bicyclic) bond motifs is 1. The number of likely N-dealkylation sites (N-methyl/N-ethyl adjacent to an activating group) is 1. The second-order valence-electron chi connectivity index (χ2n) is 10.3. The van der Waals surface area contributed by atoms with E-state index in [1.54, 1.807) is 6.07 Å². The first-order valence-corrected chi connectivity index (χ1v) is 13.1. The smallest absolute Gasteiger partial charge is 0.336 e. The Labute approximate surface area is 211 Å². The number of unbranched alkanes of at least 4 members (excludes halogenated alkanes) is 2. The molecule has 0 unspecified atom stereocenters. The molecule has 1 heterocycles. The van der Waals surface area contributed by atoms with Crippen LogP contribution in [-0.4, -0.2) is 62.2 Å². The largest absolute Gasteiger partial charge is 0.493 e. The second-order valence-corrected chi connectivity index (χ2v) is 10.3. The number of rotatable bonds is 15. The standard InChI is InChI=1S/C29H45N2O4/c1-7-9-18-30(19-10-8-2)27(32)22-31(5,6)20-11-21-34-26-16-13-24-14-17-28(33)35-29(24)25(26)15-12-23(3)4/h12-14,16-17H,7-11,15,18-22H2,1-6H3/q+1. The van der Waals surface area contributed by atoms with Crippen LogP contribution in [0.25, 0.3) is 11.0 Å². The number of allylic oxidation sites excluding steroid dienone is 2. The van der Waals surface area contributed by atoms with Gasteiger partial charge in [0.2, 0.25) is 0 Å². The van der Waals surface area contributed by atoms with Gasteiger partial charge in [0.05, 0.1) is 27.2 Å². The van der Waals surface area contributed by atoms with E-state index in [1.165, 1.54) is 11.6 Å². The van der Waals surface area contributed by atoms with Crippen LogP contribution in [0.1, 0.15) is 65.4 Å². The van der Waals surface area contributed by atoms with Crippen molar-refractivity contribution in [2.45, 2.75) is 66.2 Å². The van der Waals surface area contributed by atoms with E-state index >= 15 is 0 Å². The number of quaternary nitrogens is 1. The van der Waals surface area contributed by atoms with E-state index in [-0.39, 0.29) is 11.5 Å². The van der Waals surface area contributed by atoms with Crippen LogP contribution in [-0.2, 0) is 11.2 Å². The first kappa shape index (κ1) is 28.6. The zero-order valence-electron chi connectivity index (χ0n) is 22.7. The number of nitrogens with zero attached hydrogens (tertiary/aromatic N) is 2. The predicted octanol–water partition coefficient (Wildman–Crippen LogP) is 5.58. The quantitative estimate of drug-likeness (QED) is 0.143. The van der Waals surface area contributed by atoms with Crippen LogP contribution in [0, 0.1) is 0 Å². The molecule has 0 N–H and O–H groups in total. The fraction of sp³-hybridized carbons (Fsp3) is 0.586. The monoisotopic (exact) mass is 485 g/mol. The molecule has 35 heavy (non-hydrogen) atoms. The van der Waals surface area contributed by atoms with Gasteiger partial charge in [-0.05, 0) is 51.3 Å². The minimum Gasteiger partial charge on any atom is -0.493 e. The van der Waals surface area contributed by atoms with Gasteiger partial charge in [-0.25, -0.2) is 4.79 Å². The zero-order valence-corrected chi connectivity index (χ0v) is 22.7. The van der Waals surface area contributed by atoms with Crippen molar-refractivity contribution in [1.29, 1.82) is 0 Å². The third-order valence-corrected chi connectivity index (χ3v) is 6.21. The maximum absolute atomic E-state index is 13.0. The zero-order chi connectivity index (χ0) is 25.8. The first-order valence-electron chi connectivity index (χ1n) is 13.1. The van der Waals surface area contributed by atoms with Gasteiger partial charge in [-0.15, -0.1) is 0 Å². The van der Waals surface area contributed by atoms with Gasteiger partial charge in [-0.2, -0.15) is 0 Å². The van der Waals surface area contributed by atoms with Crippen molar-refractivity contribution in [3.8, 4) is 5.75 Å². The van der Waals surface area contributed by atoms with Crippen LogP contribution in [0.3, 0.4) is 0 Å². The summed E-state index contributed by atoms with van der Waals surface area (Å²) in [4.78, 5) is 26.9. The highest BCUT2D eigenvalue weighted by molar-refractivity contribution is 5.82. The summed E-state index contributed by atoms with van der Waals surface area (Å²) in [6.45, 7) is 12.0. The van der Waals surface area contributed by atoms with Crippen molar-refractivity contribution >= 4 is 16.9 Å². The van der Waals surface area contributed by atoms with E-state index in [4.69, 9.17) is 9.15 Å². The minimum atomic E-state index is -0.358. The van der Waals surface area contributed by atoms with Crippen LogP contribution in [0.2, 0.25) is 0 Å². The SMILES string of the molecule is CCCCN(CCCC)C(=O)C[N+](C)(C)CCCOc1ccc2ccc(=O)oc2c1CC=C(C)C. The molecule has 2 rings (SSSR count). The summed E-state index contributed by atoms with van der Waals surface area (Å²) in [5, 5.41) is 0.890. The van der Waals surface area contributed by atoms with Gasteiger partial charge in [0.15, 0.2) is 6.54 Å². The Morgan fingerprint density at radius 1 is 1.03 bits per heavy atom. The molecule has 1 amide bonds. The molecule has 0 spiro atoms. The van der Waals surface area contributed by atoms with Crippen molar-refractivity contribution in [1.82, 2.24) is 4.90 Å². The number of hydrogen-bond donors (Lipinski definition) is 0. The van der Waals surface area contributed by atoms with Crippen LogP contribution in [0.15, 0.2) is 45.1 Å². The van der Waals surface area contributed by atoms with Crippen LogP contribution in [0.4, 0.5) is 0 Å². The van der Waals surface area contributed by atoms with E-state index < -0.39 is 0 Å². The Hall–Kier alpha value is -2.60. The maximum atomic E-state index is 13.0.